The fourth-order valence-electron chi connectivity index (χ4n) is 1.73. The number of aromatic nitrogens is 2. The van der Waals surface area contributed by atoms with Crippen molar-refractivity contribution in [2.75, 3.05) is 6.54 Å². The van der Waals surface area contributed by atoms with E-state index in [2.05, 4.69) is 14.9 Å². The van der Waals surface area contributed by atoms with Crippen LogP contribution >= 0.6 is 0 Å². The van der Waals surface area contributed by atoms with Crippen LogP contribution in [-0.2, 0) is 14.8 Å². The van der Waals surface area contributed by atoms with Crippen LogP contribution in [0.3, 0.4) is 0 Å². The Labute approximate surface area is 112 Å². The smallest absolute Gasteiger partial charge is 0.303 e. The first-order valence-corrected chi connectivity index (χ1v) is 7.45. The number of sulfonamides is 1. The van der Waals surface area contributed by atoms with E-state index >= 15 is 0 Å². The maximum atomic E-state index is 12.1. The number of aromatic amines is 1. The predicted molar refractivity (Wildman–Crippen MR) is 69.3 cm³/mol. The fraction of sp³-hybridized carbons (Fsp3) is 0.636. The first kappa shape index (κ1) is 15.6. The highest BCUT2D eigenvalue weighted by molar-refractivity contribution is 7.89. The quantitative estimate of drug-likeness (QED) is 0.687. The molecular weight excluding hydrogens is 270 g/mol. The van der Waals surface area contributed by atoms with Gasteiger partial charge in [0.1, 0.15) is 4.90 Å². The first-order chi connectivity index (χ1) is 8.74. The Bertz CT molecular complexity index is 531. The van der Waals surface area contributed by atoms with Crippen molar-refractivity contribution in [3.05, 3.63) is 11.4 Å². The molecule has 0 saturated carbocycles. The van der Waals surface area contributed by atoms with E-state index in [-0.39, 0.29) is 23.8 Å². The standard InChI is InChI=1S/C11H19N3O4S/c1-7(4-5-10(15)16)6-12-19(17,18)11-8(2)13-14-9(11)3/h7,12H,4-6H2,1-3H3,(H,13,14)(H,15,16). The first-order valence-electron chi connectivity index (χ1n) is 5.97. The number of carboxylic acids is 1. The van der Waals surface area contributed by atoms with Gasteiger partial charge < -0.3 is 5.11 Å². The zero-order valence-corrected chi connectivity index (χ0v) is 12.0. The summed E-state index contributed by atoms with van der Waals surface area (Å²) in [7, 11) is -3.60. The topological polar surface area (TPSA) is 112 Å². The Morgan fingerprint density at radius 2 is 2.11 bits per heavy atom. The van der Waals surface area contributed by atoms with Crippen LogP contribution < -0.4 is 4.72 Å². The minimum Gasteiger partial charge on any atom is -0.481 e. The number of hydrogen-bond acceptors (Lipinski definition) is 4. The van der Waals surface area contributed by atoms with Crippen LogP contribution in [0.2, 0.25) is 0 Å². The van der Waals surface area contributed by atoms with Crippen molar-refractivity contribution in [2.45, 2.75) is 38.5 Å². The summed E-state index contributed by atoms with van der Waals surface area (Å²) in [5.41, 5.74) is 0.909. The number of aryl methyl sites for hydroxylation is 2. The number of H-pyrrole nitrogens is 1. The number of hydrogen-bond donors (Lipinski definition) is 3. The van der Waals surface area contributed by atoms with Gasteiger partial charge >= 0.3 is 5.97 Å². The Morgan fingerprint density at radius 1 is 1.47 bits per heavy atom. The fourth-order valence-corrected chi connectivity index (χ4v) is 3.26. The molecular formula is C11H19N3O4S. The number of aliphatic carboxylic acids is 1. The average Bonchev–Trinajstić information content (AvgIpc) is 2.64. The molecule has 0 bridgehead atoms. The molecule has 19 heavy (non-hydrogen) atoms. The van der Waals surface area contributed by atoms with Gasteiger partial charge in [0.2, 0.25) is 10.0 Å². The Morgan fingerprint density at radius 3 is 2.58 bits per heavy atom. The summed E-state index contributed by atoms with van der Waals surface area (Å²) >= 11 is 0. The molecule has 8 heteroatoms. The normalized spacial score (nSPS) is 13.4. The van der Waals surface area contributed by atoms with Crippen LogP contribution in [-0.4, -0.2) is 36.2 Å². The summed E-state index contributed by atoms with van der Waals surface area (Å²) in [5, 5.41) is 15.0. The van der Waals surface area contributed by atoms with Gasteiger partial charge in [0.15, 0.2) is 0 Å². The van der Waals surface area contributed by atoms with E-state index in [0.29, 0.717) is 17.8 Å². The molecule has 0 amide bonds. The van der Waals surface area contributed by atoms with E-state index in [1.165, 1.54) is 0 Å². The van der Waals surface area contributed by atoms with Crippen LogP contribution in [0.1, 0.15) is 31.2 Å². The molecule has 1 unspecified atom stereocenters. The molecule has 0 fully saturated rings. The predicted octanol–water partition coefficient (Wildman–Crippen LogP) is 0.806. The summed E-state index contributed by atoms with van der Waals surface area (Å²) in [6.07, 6.45) is 0.466. The maximum Gasteiger partial charge on any atom is 0.303 e. The molecule has 0 saturated heterocycles. The Balaban J connectivity index is 2.64. The third-order valence-electron chi connectivity index (χ3n) is 2.80. The monoisotopic (exact) mass is 289 g/mol. The van der Waals surface area contributed by atoms with Gasteiger partial charge in [-0.25, -0.2) is 13.1 Å². The summed E-state index contributed by atoms with van der Waals surface area (Å²) in [6, 6.07) is 0. The highest BCUT2D eigenvalue weighted by Crippen LogP contribution is 2.16. The zero-order chi connectivity index (χ0) is 14.6. The largest absolute Gasteiger partial charge is 0.481 e. The number of nitrogens with one attached hydrogen (secondary N) is 2. The molecule has 1 aromatic rings. The molecule has 0 aliphatic heterocycles. The SMILES string of the molecule is Cc1n[nH]c(C)c1S(=O)(=O)NCC(C)CCC(=O)O. The minimum absolute atomic E-state index is 0.0344. The van der Waals surface area contributed by atoms with Crippen molar-refractivity contribution >= 4 is 16.0 Å². The van der Waals surface area contributed by atoms with Crippen molar-refractivity contribution in [1.29, 1.82) is 0 Å². The molecule has 7 nitrogen and oxygen atoms in total. The summed E-state index contributed by atoms with van der Waals surface area (Å²) in [5.74, 6) is -0.922. The third kappa shape index (κ3) is 4.32. The van der Waals surface area contributed by atoms with Gasteiger partial charge in [0.05, 0.1) is 11.4 Å². The Kier molecular flexibility index (Phi) is 5.07. The lowest BCUT2D eigenvalue weighted by Crippen LogP contribution is -2.29. The van der Waals surface area contributed by atoms with E-state index < -0.39 is 16.0 Å². The van der Waals surface area contributed by atoms with E-state index in [9.17, 15) is 13.2 Å². The zero-order valence-electron chi connectivity index (χ0n) is 11.2. The van der Waals surface area contributed by atoms with E-state index in [1.807, 2.05) is 0 Å². The second kappa shape index (κ2) is 6.16. The van der Waals surface area contributed by atoms with Gasteiger partial charge in [0, 0.05) is 13.0 Å². The lowest BCUT2D eigenvalue weighted by molar-refractivity contribution is -0.137. The molecule has 0 aliphatic carbocycles. The summed E-state index contributed by atoms with van der Waals surface area (Å²) in [6.45, 7) is 5.27. The number of carboxylic acid groups (broad SMARTS) is 1. The van der Waals surface area contributed by atoms with Crippen LogP contribution in [0.4, 0.5) is 0 Å². The van der Waals surface area contributed by atoms with Crippen molar-refractivity contribution in [1.82, 2.24) is 14.9 Å². The molecule has 0 aliphatic rings. The molecule has 1 aromatic heterocycles. The van der Waals surface area contributed by atoms with Gasteiger partial charge in [-0.15, -0.1) is 0 Å². The molecule has 1 heterocycles. The van der Waals surface area contributed by atoms with Gasteiger partial charge in [-0.1, -0.05) is 6.92 Å². The van der Waals surface area contributed by atoms with Crippen LogP contribution in [0.25, 0.3) is 0 Å². The molecule has 1 rings (SSSR count). The van der Waals surface area contributed by atoms with Crippen molar-refractivity contribution in [2.24, 2.45) is 5.92 Å². The van der Waals surface area contributed by atoms with Gasteiger partial charge in [0.25, 0.3) is 0 Å². The van der Waals surface area contributed by atoms with E-state index in [4.69, 9.17) is 5.11 Å². The number of nitrogens with zero attached hydrogens (tertiary/aromatic N) is 1. The molecule has 108 valence electrons. The van der Waals surface area contributed by atoms with Crippen molar-refractivity contribution in [3.8, 4) is 0 Å². The van der Waals surface area contributed by atoms with E-state index in [0.717, 1.165) is 0 Å². The highest BCUT2D eigenvalue weighted by Gasteiger charge is 2.22. The second-order valence-corrected chi connectivity index (χ2v) is 6.36. The van der Waals surface area contributed by atoms with Crippen molar-refractivity contribution in [3.63, 3.8) is 0 Å². The minimum atomic E-state index is -3.60. The van der Waals surface area contributed by atoms with Crippen molar-refractivity contribution < 1.29 is 18.3 Å². The third-order valence-corrected chi connectivity index (χ3v) is 4.49. The van der Waals surface area contributed by atoms with Gasteiger partial charge in [-0.2, -0.15) is 5.10 Å². The van der Waals surface area contributed by atoms with Crippen LogP contribution in [0, 0.1) is 19.8 Å². The highest BCUT2D eigenvalue weighted by atomic mass is 32.2. The summed E-state index contributed by atoms with van der Waals surface area (Å²) in [4.78, 5) is 10.6. The molecule has 3 N–H and O–H groups in total. The lowest BCUT2D eigenvalue weighted by atomic mass is 10.1. The Hall–Kier alpha value is -1.41. The average molecular weight is 289 g/mol. The number of carbonyl (C=O) groups is 1. The molecule has 0 spiro atoms. The number of rotatable bonds is 7. The van der Waals surface area contributed by atoms with Gasteiger partial charge in [-0.05, 0) is 26.2 Å². The maximum absolute atomic E-state index is 12.1. The van der Waals surface area contributed by atoms with Gasteiger partial charge in [-0.3, -0.25) is 9.89 Å². The van der Waals surface area contributed by atoms with Crippen LogP contribution in [0.5, 0.6) is 0 Å². The summed E-state index contributed by atoms with van der Waals surface area (Å²) < 4.78 is 26.7. The lowest BCUT2D eigenvalue weighted by Gasteiger charge is -2.12. The van der Waals surface area contributed by atoms with Crippen LogP contribution in [0.15, 0.2) is 4.90 Å². The molecule has 0 radical (unpaired) electrons. The van der Waals surface area contributed by atoms with E-state index in [1.54, 1.807) is 20.8 Å². The molecule has 1 atom stereocenters. The molecule has 0 aromatic carbocycles. The second-order valence-electron chi connectivity index (χ2n) is 4.65.